The Bertz CT molecular complexity index is 701. The van der Waals surface area contributed by atoms with Crippen molar-refractivity contribution in [3.63, 3.8) is 0 Å². The highest BCUT2D eigenvalue weighted by Crippen LogP contribution is 2.25. The Morgan fingerprint density at radius 1 is 0.708 bits per heavy atom. The number of esters is 2. The van der Waals surface area contributed by atoms with E-state index in [1.807, 2.05) is 0 Å². The summed E-state index contributed by atoms with van der Waals surface area (Å²) < 4.78 is 20.3. The first-order valence-corrected chi connectivity index (χ1v) is 7.18. The van der Waals surface area contributed by atoms with E-state index in [0.717, 1.165) is 0 Å². The lowest BCUT2D eigenvalue weighted by Crippen LogP contribution is -2.26. The maximum Gasteiger partial charge on any atom is 0.423 e. The van der Waals surface area contributed by atoms with Gasteiger partial charge in [-0.3, -0.25) is 0 Å². The lowest BCUT2D eigenvalue weighted by molar-refractivity contribution is -0.156. The van der Waals surface area contributed by atoms with Gasteiger partial charge in [-0.25, -0.2) is 9.59 Å². The molecule has 0 bridgehead atoms. The molecule has 0 atom stereocenters. The minimum absolute atomic E-state index is 0.268. The van der Waals surface area contributed by atoms with Gasteiger partial charge in [0, 0.05) is 0 Å². The molecule has 0 N–H and O–H groups in total. The molecule has 0 heterocycles. The highest BCUT2D eigenvalue weighted by molar-refractivity contribution is 6.31. The van der Waals surface area contributed by atoms with Crippen LogP contribution >= 0.6 is 0 Å². The average molecular weight is 330 g/mol. The number of rotatable bonds is 4. The number of ether oxygens (including phenoxy) is 4. The normalized spacial score (nSPS) is 10.0. The molecule has 2 rings (SSSR count). The first kappa shape index (κ1) is 17.3. The molecule has 0 saturated heterocycles. The zero-order chi connectivity index (χ0) is 17.7. The van der Waals surface area contributed by atoms with Gasteiger partial charge in [0.1, 0.15) is 23.0 Å². The summed E-state index contributed by atoms with van der Waals surface area (Å²) in [6.45, 7) is 3.48. The number of carbonyl (C=O) groups is 2. The van der Waals surface area contributed by atoms with Crippen LogP contribution < -0.4 is 18.9 Å². The molecule has 0 aliphatic heterocycles. The summed E-state index contributed by atoms with van der Waals surface area (Å²) in [6, 6.07) is 9.77. The van der Waals surface area contributed by atoms with Gasteiger partial charge >= 0.3 is 11.9 Å². The lowest BCUT2D eigenvalue weighted by atomic mass is 10.2. The standard InChI is InChI=1S/C18H18O6/c1-11-9-13(21-3)5-7-15(11)23-17(19)18(20)24-16-8-6-14(22-4)10-12(16)2/h5-10H,1-4H3. The first-order valence-electron chi connectivity index (χ1n) is 7.18. The second kappa shape index (κ2) is 7.50. The van der Waals surface area contributed by atoms with E-state index < -0.39 is 11.9 Å². The number of aryl methyl sites for hydroxylation is 2. The van der Waals surface area contributed by atoms with Crippen LogP contribution in [0, 0.1) is 13.8 Å². The van der Waals surface area contributed by atoms with Crippen LogP contribution in [0.2, 0.25) is 0 Å². The van der Waals surface area contributed by atoms with E-state index in [2.05, 4.69) is 0 Å². The molecule has 6 heteroatoms. The third kappa shape index (κ3) is 4.04. The number of hydrogen-bond donors (Lipinski definition) is 0. The molecular weight excluding hydrogens is 312 g/mol. The van der Waals surface area contributed by atoms with Crippen molar-refractivity contribution in [2.75, 3.05) is 14.2 Å². The van der Waals surface area contributed by atoms with Crippen LogP contribution in [0.25, 0.3) is 0 Å². The summed E-state index contributed by atoms with van der Waals surface area (Å²) in [5.74, 6) is -0.405. The Morgan fingerprint density at radius 3 is 1.38 bits per heavy atom. The van der Waals surface area contributed by atoms with Crippen LogP contribution in [0.4, 0.5) is 0 Å². The van der Waals surface area contributed by atoms with Crippen LogP contribution in [-0.4, -0.2) is 26.2 Å². The van der Waals surface area contributed by atoms with Gasteiger partial charge < -0.3 is 18.9 Å². The summed E-state index contributed by atoms with van der Waals surface area (Å²) in [6.07, 6.45) is 0. The number of hydrogen-bond acceptors (Lipinski definition) is 6. The van der Waals surface area contributed by atoms with Gasteiger partial charge in [-0.2, -0.15) is 0 Å². The smallest absolute Gasteiger partial charge is 0.423 e. The quantitative estimate of drug-likeness (QED) is 0.488. The summed E-state index contributed by atoms with van der Waals surface area (Å²) in [5.41, 5.74) is 1.33. The number of methoxy groups -OCH3 is 2. The monoisotopic (exact) mass is 330 g/mol. The molecule has 0 fully saturated rings. The van der Waals surface area contributed by atoms with Gasteiger partial charge in [0.15, 0.2) is 0 Å². The largest absolute Gasteiger partial charge is 0.497 e. The minimum atomic E-state index is -1.10. The molecule has 6 nitrogen and oxygen atoms in total. The number of carbonyl (C=O) groups excluding carboxylic acids is 2. The second-order valence-corrected chi connectivity index (χ2v) is 5.04. The Kier molecular flexibility index (Phi) is 5.42. The Labute approximate surface area is 139 Å². The number of benzene rings is 2. The fraction of sp³-hybridized carbons (Fsp3) is 0.222. The van der Waals surface area contributed by atoms with Crippen molar-refractivity contribution in [2.45, 2.75) is 13.8 Å². The molecule has 0 unspecified atom stereocenters. The zero-order valence-electron chi connectivity index (χ0n) is 13.9. The molecule has 0 saturated carbocycles. The second-order valence-electron chi connectivity index (χ2n) is 5.04. The van der Waals surface area contributed by atoms with Crippen molar-refractivity contribution in [1.82, 2.24) is 0 Å². The fourth-order valence-corrected chi connectivity index (χ4v) is 2.01. The van der Waals surface area contributed by atoms with Crippen LogP contribution in [0.3, 0.4) is 0 Å². The molecule has 0 amide bonds. The topological polar surface area (TPSA) is 71.1 Å². The van der Waals surface area contributed by atoms with Gasteiger partial charge in [-0.05, 0) is 61.4 Å². The Hall–Kier alpha value is -3.02. The van der Waals surface area contributed by atoms with E-state index >= 15 is 0 Å². The van der Waals surface area contributed by atoms with Crippen molar-refractivity contribution in [2.24, 2.45) is 0 Å². The predicted molar refractivity (Wildman–Crippen MR) is 86.7 cm³/mol. The average Bonchev–Trinajstić information content (AvgIpc) is 2.58. The molecule has 2 aromatic rings. The van der Waals surface area contributed by atoms with Crippen molar-refractivity contribution < 1.29 is 28.5 Å². The summed E-state index contributed by atoms with van der Waals surface area (Å²) >= 11 is 0. The first-order chi connectivity index (χ1) is 11.4. The summed E-state index contributed by atoms with van der Waals surface area (Å²) in [4.78, 5) is 23.8. The van der Waals surface area contributed by atoms with E-state index in [9.17, 15) is 9.59 Å². The summed E-state index contributed by atoms with van der Waals surface area (Å²) in [7, 11) is 3.07. The van der Waals surface area contributed by atoms with Crippen molar-refractivity contribution >= 4 is 11.9 Å². The summed E-state index contributed by atoms with van der Waals surface area (Å²) in [5, 5.41) is 0. The van der Waals surface area contributed by atoms with Crippen LogP contribution in [-0.2, 0) is 9.59 Å². The van der Waals surface area contributed by atoms with E-state index in [1.54, 1.807) is 50.2 Å². The van der Waals surface area contributed by atoms with E-state index in [-0.39, 0.29) is 11.5 Å². The van der Waals surface area contributed by atoms with Gasteiger partial charge in [0.2, 0.25) is 0 Å². The lowest BCUT2D eigenvalue weighted by Gasteiger charge is -2.10. The molecular formula is C18H18O6. The minimum Gasteiger partial charge on any atom is -0.497 e. The molecule has 2 aromatic carbocycles. The van der Waals surface area contributed by atoms with E-state index in [4.69, 9.17) is 18.9 Å². The zero-order valence-corrected chi connectivity index (χ0v) is 13.9. The SMILES string of the molecule is COc1ccc(OC(=O)C(=O)Oc2ccc(OC)cc2C)c(C)c1. The van der Waals surface area contributed by atoms with E-state index in [0.29, 0.717) is 22.6 Å². The highest BCUT2D eigenvalue weighted by Gasteiger charge is 2.21. The molecule has 0 aromatic heterocycles. The van der Waals surface area contributed by atoms with Gasteiger partial charge in [0.25, 0.3) is 0 Å². The molecule has 24 heavy (non-hydrogen) atoms. The van der Waals surface area contributed by atoms with Gasteiger partial charge in [-0.15, -0.1) is 0 Å². The van der Waals surface area contributed by atoms with E-state index in [1.165, 1.54) is 14.2 Å². The molecule has 0 radical (unpaired) electrons. The van der Waals surface area contributed by atoms with Gasteiger partial charge in [-0.1, -0.05) is 0 Å². The van der Waals surface area contributed by atoms with Crippen molar-refractivity contribution in [3.05, 3.63) is 47.5 Å². The van der Waals surface area contributed by atoms with Crippen molar-refractivity contribution in [1.29, 1.82) is 0 Å². The maximum absolute atomic E-state index is 11.9. The van der Waals surface area contributed by atoms with Crippen LogP contribution in [0.5, 0.6) is 23.0 Å². The maximum atomic E-state index is 11.9. The molecule has 126 valence electrons. The van der Waals surface area contributed by atoms with Crippen LogP contribution in [0.15, 0.2) is 36.4 Å². The van der Waals surface area contributed by atoms with Crippen LogP contribution in [0.1, 0.15) is 11.1 Å². The predicted octanol–water partition coefficient (Wildman–Crippen LogP) is 2.83. The molecule has 0 aliphatic rings. The highest BCUT2D eigenvalue weighted by atomic mass is 16.6. The fourth-order valence-electron chi connectivity index (χ4n) is 2.01. The third-order valence-corrected chi connectivity index (χ3v) is 3.34. The van der Waals surface area contributed by atoms with Gasteiger partial charge in [0.05, 0.1) is 14.2 Å². The third-order valence-electron chi connectivity index (χ3n) is 3.34. The molecule has 0 aliphatic carbocycles. The molecule has 0 spiro atoms. The van der Waals surface area contributed by atoms with Crippen molar-refractivity contribution in [3.8, 4) is 23.0 Å². The Balaban J connectivity index is 2.06. The Morgan fingerprint density at radius 2 is 1.08 bits per heavy atom.